The SMILES string of the molecule is O=C(O)Cc1ccc(CNCC2(CO)CC2)s1. The van der Waals surface area contributed by atoms with Gasteiger partial charge < -0.3 is 15.5 Å². The Hall–Kier alpha value is -0.910. The molecule has 1 aliphatic rings. The van der Waals surface area contributed by atoms with Crippen molar-refractivity contribution in [2.75, 3.05) is 13.2 Å². The zero-order valence-corrected chi connectivity index (χ0v) is 10.4. The molecule has 0 aliphatic heterocycles. The molecule has 3 N–H and O–H groups in total. The predicted molar refractivity (Wildman–Crippen MR) is 66.1 cm³/mol. The maximum Gasteiger partial charge on any atom is 0.308 e. The van der Waals surface area contributed by atoms with Gasteiger partial charge >= 0.3 is 5.97 Å². The van der Waals surface area contributed by atoms with Gasteiger partial charge in [0.15, 0.2) is 0 Å². The van der Waals surface area contributed by atoms with Crippen LogP contribution < -0.4 is 5.32 Å². The number of aliphatic carboxylic acids is 1. The molecule has 0 radical (unpaired) electrons. The minimum absolute atomic E-state index is 0.102. The van der Waals surface area contributed by atoms with Gasteiger partial charge in [-0.25, -0.2) is 0 Å². The van der Waals surface area contributed by atoms with E-state index in [1.54, 1.807) is 0 Å². The number of hydrogen-bond acceptors (Lipinski definition) is 4. The number of carboxylic acid groups (broad SMARTS) is 1. The van der Waals surface area contributed by atoms with Crippen LogP contribution in [0.1, 0.15) is 22.6 Å². The average molecular weight is 255 g/mol. The zero-order chi connectivity index (χ0) is 12.3. The molecule has 0 aromatic carbocycles. The van der Waals surface area contributed by atoms with Crippen LogP contribution in [-0.4, -0.2) is 29.3 Å². The monoisotopic (exact) mass is 255 g/mol. The van der Waals surface area contributed by atoms with Gasteiger partial charge in [-0.05, 0) is 25.0 Å². The van der Waals surface area contributed by atoms with Crippen LogP contribution in [0, 0.1) is 5.41 Å². The van der Waals surface area contributed by atoms with E-state index in [1.165, 1.54) is 11.3 Å². The molecule has 5 heteroatoms. The fraction of sp³-hybridized carbons (Fsp3) is 0.583. The van der Waals surface area contributed by atoms with Gasteiger partial charge in [0, 0.05) is 34.9 Å². The summed E-state index contributed by atoms with van der Waals surface area (Å²) in [7, 11) is 0. The lowest BCUT2D eigenvalue weighted by Crippen LogP contribution is -2.25. The van der Waals surface area contributed by atoms with E-state index in [0.717, 1.165) is 35.7 Å². The summed E-state index contributed by atoms with van der Waals surface area (Å²) < 4.78 is 0. The maximum absolute atomic E-state index is 10.5. The Kier molecular flexibility index (Phi) is 3.81. The molecule has 1 saturated carbocycles. The van der Waals surface area contributed by atoms with Gasteiger partial charge in [0.1, 0.15) is 0 Å². The molecule has 2 rings (SSSR count). The molecule has 0 unspecified atom stereocenters. The van der Waals surface area contributed by atoms with Crippen molar-refractivity contribution < 1.29 is 15.0 Å². The lowest BCUT2D eigenvalue weighted by Gasteiger charge is -2.11. The van der Waals surface area contributed by atoms with Crippen LogP contribution in [0.4, 0.5) is 0 Å². The number of aliphatic hydroxyl groups is 1. The smallest absolute Gasteiger partial charge is 0.308 e. The molecule has 4 nitrogen and oxygen atoms in total. The van der Waals surface area contributed by atoms with Gasteiger partial charge in [0.2, 0.25) is 0 Å². The second kappa shape index (κ2) is 5.16. The normalized spacial score (nSPS) is 17.0. The van der Waals surface area contributed by atoms with Crippen LogP contribution in [0.3, 0.4) is 0 Å². The second-order valence-electron chi connectivity index (χ2n) is 4.70. The molecule has 0 bridgehead atoms. The highest BCUT2D eigenvalue weighted by molar-refractivity contribution is 7.12. The van der Waals surface area contributed by atoms with Crippen LogP contribution in [0.25, 0.3) is 0 Å². The van der Waals surface area contributed by atoms with Crippen LogP contribution in [0.2, 0.25) is 0 Å². The number of thiophene rings is 1. The molecule has 0 spiro atoms. The Bertz CT molecular complexity index is 398. The Morgan fingerprint density at radius 3 is 2.71 bits per heavy atom. The van der Waals surface area contributed by atoms with E-state index in [2.05, 4.69) is 5.32 Å². The Morgan fingerprint density at radius 2 is 2.12 bits per heavy atom. The molecule has 0 amide bonds. The molecule has 0 atom stereocenters. The highest BCUT2D eigenvalue weighted by Crippen LogP contribution is 2.44. The molecule has 1 aliphatic carbocycles. The van der Waals surface area contributed by atoms with Gasteiger partial charge in [0.25, 0.3) is 0 Å². The Morgan fingerprint density at radius 1 is 1.41 bits per heavy atom. The number of nitrogens with one attached hydrogen (secondary N) is 1. The summed E-state index contributed by atoms with van der Waals surface area (Å²) in [5.41, 5.74) is 0.126. The molecule has 17 heavy (non-hydrogen) atoms. The molecule has 0 saturated heterocycles. The van der Waals surface area contributed by atoms with Crippen LogP contribution >= 0.6 is 11.3 Å². The highest BCUT2D eigenvalue weighted by atomic mass is 32.1. The number of aliphatic hydroxyl groups excluding tert-OH is 1. The predicted octanol–water partition coefficient (Wildman–Crippen LogP) is 1.24. The number of carbonyl (C=O) groups is 1. The van der Waals surface area contributed by atoms with Crippen LogP contribution in [0.15, 0.2) is 12.1 Å². The summed E-state index contributed by atoms with van der Waals surface area (Å²) in [6.45, 7) is 1.86. The summed E-state index contributed by atoms with van der Waals surface area (Å²) in [4.78, 5) is 12.6. The first-order chi connectivity index (χ1) is 8.13. The summed E-state index contributed by atoms with van der Waals surface area (Å²) in [5.74, 6) is -0.788. The summed E-state index contributed by atoms with van der Waals surface area (Å²) >= 11 is 1.53. The van der Waals surface area contributed by atoms with Gasteiger partial charge in [-0.2, -0.15) is 0 Å². The van der Waals surface area contributed by atoms with Crippen molar-refractivity contribution in [2.45, 2.75) is 25.8 Å². The number of hydrogen-bond donors (Lipinski definition) is 3. The third-order valence-corrected chi connectivity index (χ3v) is 4.22. The standard InChI is InChI=1S/C12H17NO3S/c14-8-12(3-4-12)7-13-6-10-2-1-9(17-10)5-11(15)16/h1-2,13-14H,3-8H2,(H,15,16). The Balaban J connectivity index is 1.75. The number of rotatable bonds is 7. The van der Waals surface area contributed by atoms with Crippen molar-refractivity contribution in [3.8, 4) is 0 Å². The molecule has 1 heterocycles. The average Bonchev–Trinajstić information content (AvgIpc) is 2.93. The lowest BCUT2D eigenvalue weighted by atomic mass is 10.1. The molecule has 1 aromatic rings. The zero-order valence-electron chi connectivity index (χ0n) is 9.61. The third kappa shape index (κ3) is 3.52. The highest BCUT2D eigenvalue weighted by Gasteiger charge is 2.41. The van der Waals surface area contributed by atoms with E-state index in [-0.39, 0.29) is 18.4 Å². The molecule has 94 valence electrons. The van der Waals surface area contributed by atoms with Crippen molar-refractivity contribution in [3.63, 3.8) is 0 Å². The van der Waals surface area contributed by atoms with Crippen LogP contribution in [-0.2, 0) is 17.8 Å². The lowest BCUT2D eigenvalue weighted by molar-refractivity contribution is -0.136. The third-order valence-electron chi connectivity index (χ3n) is 3.13. The van der Waals surface area contributed by atoms with Gasteiger partial charge in [0.05, 0.1) is 6.42 Å². The van der Waals surface area contributed by atoms with Crippen molar-refractivity contribution in [2.24, 2.45) is 5.41 Å². The molecule has 1 aromatic heterocycles. The van der Waals surface area contributed by atoms with Crippen molar-refractivity contribution in [1.82, 2.24) is 5.32 Å². The topological polar surface area (TPSA) is 69.6 Å². The second-order valence-corrected chi connectivity index (χ2v) is 5.95. The molecule has 1 fully saturated rings. The summed E-state index contributed by atoms with van der Waals surface area (Å²) in [5, 5.41) is 21.1. The van der Waals surface area contributed by atoms with Crippen molar-refractivity contribution in [3.05, 3.63) is 21.9 Å². The summed E-state index contributed by atoms with van der Waals surface area (Å²) in [6, 6.07) is 3.84. The van der Waals surface area contributed by atoms with Gasteiger partial charge in [-0.1, -0.05) is 0 Å². The van der Waals surface area contributed by atoms with E-state index in [4.69, 9.17) is 10.2 Å². The quantitative estimate of drug-likeness (QED) is 0.685. The van der Waals surface area contributed by atoms with E-state index >= 15 is 0 Å². The first-order valence-corrected chi connectivity index (χ1v) is 6.56. The van der Waals surface area contributed by atoms with Gasteiger partial charge in [-0.3, -0.25) is 4.79 Å². The van der Waals surface area contributed by atoms with Crippen molar-refractivity contribution >= 4 is 17.3 Å². The Labute approximate surface area is 104 Å². The first kappa shape index (κ1) is 12.5. The minimum atomic E-state index is -0.788. The number of carboxylic acids is 1. The first-order valence-electron chi connectivity index (χ1n) is 5.74. The van der Waals surface area contributed by atoms with Gasteiger partial charge in [-0.15, -0.1) is 11.3 Å². The van der Waals surface area contributed by atoms with Crippen LogP contribution in [0.5, 0.6) is 0 Å². The van der Waals surface area contributed by atoms with E-state index in [0.29, 0.717) is 0 Å². The van der Waals surface area contributed by atoms with Crippen molar-refractivity contribution in [1.29, 1.82) is 0 Å². The van der Waals surface area contributed by atoms with E-state index in [9.17, 15) is 4.79 Å². The van der Waals surface area contributed by atoms with E-state index in [1.807, 2.05) is 12.1 Å². The largest absolute Gasteiger partial charge is 0.481 e. The van der Waals surface area contributed by atoms with E-state index < -0.39 is 5.97 Å². The maximum atomic E-state index is 10.5. The molecular formula is C12H17NO3S. The molecular weight excluding hydrogens is 238 g/mol. The summed E-state index contributed by atoms with van der Waals surface area (Å²) in [6.07, 6.45) is 2.31. The minimum Gasteiger partial charge on any atom is -0.481 e. The fourth-order valence-electron chi connectivity index (χ4n) is 1.78. The fourth-order valence-corrected chi connectivity index (χ4v) is 2.76.